The van der Waals surface area contributed by atoms with Crippen molar-refractivity contribution in [1.82, 2.24) is 0 Å². The second-order valence-corrected chi connectivity index (χ2v) is 10.1. The Labute approximate surface area is 211 Å². The highest BCUT2D eigenvalue weighted by molar-refractivity contribution is 6.31. The topological polar surface area (TPSA) is 183 Å². The number of aliphatic hydroxyl groups excluding tert-OH is 3. The molecule has 37 heavy (non-hydrogen) atoms. The van der Waals surface area contributed by atoms with Gasteiger partial charge in [0.25, 0.3) is 0 Å². The zero-order chi connectivity index (χ0) is 27.0. The molecule has 11 heteroatoms. The number of phenols is 2. The number of fused-ring (bicyclic) bond motifs is 3. The van der Waals surface area contributed by atoms with Gasteiger partial charge in [0.05, 0.1) is 41.6 Å². The van der Waals surface area contributed by atoms with Crippen LogP contribution in [-0.4, -0.2) is 85.6 Å². The average molecular weight is 516 g/mol. The van der Waals surface area contributed by atoms with Crippen LogP contribution in [0.3, 0.4) is 0 Å². The summed E-state index contributed by atoms with van der Waals surface area (Å²) >= 11 is 0. The molecule has 1 saturated heterocycles. The number of methoxy groups -OCH3 is 1. The number of hydrogen-bond donors (Lipinski definition) is 6. The fourth-order valence-corrected chi connectivity index (χ4v) is 5.50. The quantitative estimate of drug-likeness (QED) is 0.266. The van der Waals surface area contributed by atoms with E-state index < -0.39 is 71.0 Å². The molecule has 1 fully saturated rings. The monoisotopic (exact) mass is 516 g/mol. The molecule has 0 spiro atoms. The molecule has 5 rings (SSSR count). The predicted molar refractivity (Wildman–Crippen MR) is 125 cm³/mol. The molecule has 0 bridgehead atoms. The second-order valence-electron chi connectivity index (χ2n) is 10.1. The molecule has 1 aliphatic heterocycles. The van der Waals surface area contributed by atoms with Gasteiger partial charge in [-0.25, -0.2) is 0 Å². The highest BCUT2D eigenvalue weighted by Gasteiger charge is 2.48. The minimum Gasteiger partial charge on any atom is -0.507 e. The summed E-state index contributed by atoms with van der Waals surface area (Å²) in [5, 5.41) is 64.2. The second kappa shape index (κ2) is 8.76. The number of benzene rings is 2. The third kappa shape index (κ3) is 3.81. The van der Waals surface area contributed by atoms with E-state index in [1.807, 2.05) is 0 Å². The molecule has 3 aliphatic rings. The summed E-state index contributed by atoms with van der Waals surface area (Å²) in [6.07, 6.45) is -8.58. The summed E-state index contributed by atoms with van der Waals surface area (Å²) in [5.41, 5.74) is -2.41. The average Bonchev–Trinajstić information content (AvgIpc) is 2.85. The summed E-state index contributed by atoms with van der Waals surface area (Å²) in [6, 6.07) is 4.44. The Morgan fingerprint density at radius 2 is 1.65 bits per heavy atom. The standard InChI is InChI=1S/C26H28O11/c1-9-18(27)23(32)24(33)25(36-9)37-13-8-26(2,34)7-11-15(13)22(31)17-16(20(11)29)19(28)10-5-4-6-12(35-3)14(10)21(17)30/h4-6,9,13,18,23-25,27,29,31-34H,7-8H2,1-3H3. The minimum absolute atomic E-state index is 0.00197. The number of carbonyl (C=O) groups excluding carboxylic acids is 2. The summed E-state index contributed by atoms with van der Waals surface area (Å²) in [7, 11) is 1.33. The van der Waals surface area contributed by atoms with Gasteiger partial charge in [0.1, 0.15) is 35.6 Å². The van der Waals surface area contributed by atoms with Crippen LogP contribution in [0, 0.1) is 0 Å². The summed E-state index contributed by atoms with van der Waals surface area (Å²) < 4.78 is 16.7. The Bertz CT molecular complexity index is 1300. The van der Waals surface area contributed by atoms with Crippen molar-refractivity contribution >= 4 is 11.6 Å². The molecule has 0 saturated carbocycles. The maximum atomic E-state index is 13.6. The number of ketones is 2. The van der Waals surface area contributed by atoms with Gasteiger partial charge in [0.2, 0.25) is 5.78 Å². The van der Waals surface area contributed by atoms with Crippen molar-refractivity contribution in [2.24, 2.45) is 0 Å². The first-order valence-corrected chi connectivity index (χ1v) is 11.8. The van der Waals surface area contributed by atoms with E-state index in [9.17, 15) is 40.2 Å². The molecule has 1 heterocycles. The Morgan fingerprint density at radius 3 is 2.32 bits per heavy atom. The van der Waals surface area contributed by atoms with E-state index in [4.69, 9.17) is 14.2 Å². The molecule has 2 aromatic carbocycles. The number of phenolic OH excluding ortho intramolecular Hbond substituents is 2. The molecule has 7 unspecified atom stereocenters. The smallest absolute Gasteiger partial charge is 0.202 e. The third-order valence-corrected chi connectivity index (χ3v) is 7.37. The first kappa shape index (κ1) is 25.6. The SMILES string of the molecule is COc1cccc2c1C(=O)c1c(O)c3c(c(O)c1C2=O)CC(C)(O)CC3OC1OC(C)C(O)C(O)C1O. The van der Waals surface area contributed by atoms with Crippen LogP contribution in [0.15, 0.2) is 18.2 Å². The van der Waals surface area contributed by atoms with Crippen LogP contribution in [0.4, 0.5) is 0 Å². The van der Waals surface area contributed by atoms with Crippen molar-refractivity contribution in [3.63, 3.8) is 0 Å². The molecule has 11 nitrogen and oxygen atoms in total. The zero-order valence-electron chi connectivity index (χ0n) is 20.3. The van der Waals surface area contributed by atoms with Crippen molar-refractivity contribution in [3.05, 3.63) is 51.6 Å². The molecule has 198 valence electrons. The lowest BCUT2D eigenvalue weighted by Gasteiger charge is -2.43. The van der Waals surface area contributed by atoms with Crippen LogP contribution < -0.4 is 4.74 Å². The number of rotatable bonds is 3. The minimum atomic E-state index is -1.67. The van der Waals surface area contributed by atoms with Gasteiger partial charge in [-0.3, -0.25) is 9.59 Å². The lowest BCUT2D eigenvalue weighted by molar-refractivity contribution is -0.308. The van der Waals surface area contributed by atoms with E-state index in [2.05, 4.69) is 0 Å². The van der Waals surface area contributed by atoms with Gasteiger partial charge in [-0.2, -0.15) is 0 Å². The normalized spacial score (nSPS) is 32.9. The zero-order valence-corrected chi connectivity index (χ0v) is 20.3. The Balaban J connectivity index is 1.66. The van der Waals surface area contributed by atoms with Crippen LogP contribution in [0.1, 0.15) is 69.3 Å². The lowest BCUT2D eigenvalue weighted by Crippen LogP contribution is -2.57. The molecule has 2 aromatic rings. The van der Waals surface area contributed by atoms with Gasteiger partial charge in [-0.15, -0.1) is 0 Å². The molecule has 0 radical (unpaired) electrons. The van der Waals surface area contributed by atoms with E-state index in [-0.39, 0.29) is 46.4 Å². The molecule has 0 amide bonds. The van der Waals surface area contributed by atoms with Gasteiger partial charge in [-0.05, 0) is 19.9 Å². The molecular formula is C26H28O11. The highest BCUT2D eigenvalue weighted by atomic mass is 16.7. The highest BCUT2D eigenvalue weighted by Crippen LogP contribution is 2.52. The molecule has 6 N–H and O–H groups in total. The van der Waals surface area contributed by atoms with E-state index in [1.54, 1.807) is 0 Å². The molecule has 0 aromatic heterocycles. The fraction of sp³-hybridized carbons (Fsp3) is 0.462. The van der Waals surface area contributed by atoms with Crippen LogP contribution in [0.2, 0.25) is 0 Å². The van der Waals surface area contributed by atoms with Crippen molar-refractivity contribution < 1.29 is 54.4 Å². The van der Waals surface area contributed by atoms with Gasteiger partial charge >= 0.3 is 0 Å². The summed E-state index contributed by atoms with van der Waals surface area (Å²) in [6.45, 7) is 2.94. The van der Waals surface area contributed by atoms with Gasteiger partial charge in [-0.1, -0.05) is 12.1 Å². The number of hydrogen-bond acceptors (Lipinski definition) is 11. The maximum absolute atomic E-state index is 13.6. The van der Waals surface area contributed by atoms with Crippen LogP contribution in [-0.2, 0) is 15.9 Å². The largest absolute Gasteiger partial charge is 0.507 e. The number of aromatic hydroxyl groups is 2. The Morgan fingerprint density at radius 1 is 0.973 bits per heavy atom. The van der Waals surface area contributed by atoms with Crippen molar-refractivity contribution in [2.45, 2.75) is 69.1 Å². The fourth-order valence-electron chi connectivity index (χ4n) is 5.50. The Hall–Kier alpha value is -3.06. The van der Waals surface area contributed by atoms with Gasteiger partial charge in [0.15, 0.2) is 12.1 Å². The van der Waals surface area contributed by atoms with Crippen molar-refractivity contribution in [1.29, 1.82) is 0 Å². The third-order valence-electron chi connectivity index (χ3n) is 7.37. The number of aliphatic hydroxyl groups is 4. The maximum Gasteiger partial charge on any atom is 0.202 e. The van der Waals surface area contributed by atoms with Crippen LogP contribution in [0.5, 0.6) is 17.2 Å². The van der Waals surface area contributed by atoms with Crippen LogP contribution >= 0.6 is 0 Å². The molecular weight excluding hydrogens is 488 g/mol. The summed E-state index contributed by atoms with van der Waals surface area (Å²) in [5.74, 6) is -2.50. The van der Waals surface area contributed by atoms with E-state index in [0.717, 1.165) is 0 Å². The number of ether oxygens (including phenoxy) is 3. The van der Waals surface area contributed by atoms with E-state index in [1.165, 1.54) is 39.2 Å². The van der Waals surface area contributed by atoms with E-state index in [0.29, 0.717) is 0 Å². The van der Waals surface area contributed by atoms with Gasteiger partial charge in [0, 0.05) is 29.5 Å². The number of carbonyl (C=O) groups is 2. The first-order valence-electron chi connectivity index (χ1n) is 11.8. The Kier molecular flexibility index (Phi) is 6.06. The van der Waals surface area contributed by atoms with Crippen molar-refractivity contribution in [2.75, 3.05) is 7.11 Å². The first-order chi connectivity index (χ1) is 17.4. The van der Waals surface area contributed by atoms with Gasteiger partial charge < -0.3 is 44.8 Å². The molecule has 7 atom stereocenters. The summed E-state index contributed by atoms with van der Waals surface area (Å²) in [4.78, 5) is 27.0. The van der Waals surface area contributed by atoms with E-state index >= 15 is 0 Å². The lowest BCUT2D eigenvalue weighted by atomic mass is 9.73. The van der Waals surface area contributed by atoms with Crippen molar-refractivity contribution in [3.8, 4) is 17.2 Å². The predicted octanol–water partition coefficient (Wildman–Crippen LogP) is 0.464. The van der Waals surface area contributed by atoms with Crippen LogP contribution in [0.25, 0.3) is 0 Å². The molecule has 2 aliphatic carbocycles.